The fourth-order valence-corrected chi connectivity index (χ4v) is 3.05. The van der Waals surface area contributed by atoms with Crippen molar-refractivity contribution >= 4 is 11.8 Å². The lowest BCUT2D eigenvalue weighted by atomic mass is 9.89. The van der Waals surface area contributed by atoms with Gasteiger partial charge in [0.1, 0.15) is 6.04 Å². The van der Waals surface area contributed by atoms with Gasteiger partial charge in [0.2, 0.25) is 11.8 Å². The molecule has 2 aliphatic rings. The van der Waals surface area contributed by atoms with Gasteiger partial charge in [0.05, 0.1) is 6.54 Å². The summed E-state index contributed by atoms with van der Waals surface area (Å²) in [6.07, 6.45) is 5.74. The van der Waals surface area contributed by atoms with E-state index < -0.39 is 0 Å². The van der Waals surface area contributed by atoms with Gasteiger partial charge in [0.25, 0.3) is 0 Å². The molecular formula is C13H22N2O2. The highest BCUT2D eigenvalue weighted by molar-refractivity contribution is 5.95. The molecule has 4 nitrogen and oxygen atoms in total. The Kier molecular flexibility index (Phi) is 3.69. The molecule has 0 aromatic rings. The smallest absolute Gasteiger partial charge is 0.243 e. The maximum absolute atomic E-state index is 12.1. The monoisotopic (exact) mass is 238 g/mol. The van der Waals surface area contributed by atoms with E-state index in [1.54, 1.807) is 0 Å². The van der Waals surface area contributed by atoms with Gasteiger partial charge in [-0.25, -0.2) is 0 Å². The van der Waals surface area contributed by atoms with E-state index in [2.05, 4.69) is 5.32 Å². The summed E-state index contributed by atoms with van der Waals surface area (Å²) in [6, 6.07) is 0.0223. The van der Waals surface area contributed by atoms with Gasteiger partial charge in [-0.3, -0.25) is 9.59 Å². The molecular weight excluding hydrogens is 216 g/mol. The van der Waals surface area contributed by atoms with Gasteiger partial charge in [-0.05, 0) is 18.8 Å². The minimum absolute atomic E-state index is 0.0187. The van der Waals surface area contributed by atoms with Crippen molar-refractivity contribution < 1.29 is 9.59 Å². The highest BCUT2D eigenvalue weighted by atomic mass is 16.2. The summed E-state index contributed by atoms with van der Waals surface area (Å²) in [6.45, 7) is 4.20. The maximum atomic E-state index is 12.1. The van der Waals surface area contributed by atoms with E-state index in [1.807, 2.05) is 18.7 Å². The summed E-state index contributed by atoms with van der Waals surface area (Å²) >= 11 is 0. The molecule has 2 rings (SSSR count). The number of nitrogens with zero attached hydrogens (tertiary/aromatic N) is 1. The largest absolute Gasteiger partial charge is 0.345 e. The number of carbonyl (C=O) groups excluding carboxylic acids is 2. The van der Waals surface area contributed by atoms with Crippen LogP contribution in [0.15, 0.2) is 0 Å². The standard InChI is InChI=1S/C13H22N2O2/c1-9(2)12-13(17)14-8-11(16)15(12)10-6-4-3-5-7-10/h9-10,12H,3-8H2,1-2H3,(H,14,17). The van der Waals surface area contributed by atoms with Crippen LogP contribution in [-0.4, -0.2) is 35.3 Å². The Morgan fingerprint density at radius 2 is 1.82 bits per heavy atom. The van der Waals surface area contributed by atoms with Gasteiger partial charge in [0, 0.05) is 6.04 Å². The SMILES string of the molecule is CC(C)C1C(=O)NCC(=O)N1C1CCCCC1. The van der Waals surface area contributed by atoms with Crippen LogP contribution in [0.4, 0.5) is 0 Å². The van der Waals surface area contributed by atoms with Gasteiger partial charge < -0.3 is 10.2 Å². The quantitative estimate of drug-likeness (QED) is 0.788. The summed E-state index contributed by atoms with van der Waals surface area (Å²) in [5.74, 6) is 0.293. The highest BCUT2D eigenvalue weighted by Gasteiger charge is 2.40. The van der Waals surface area contributed by atoms with Crippen LogP contribution >= 0.6 is 0 Å². The Bertz CT molecular complexity index is 309. The van der Waals surface area contributed by atoms with E-state index in [0.717, 1.165) is 12.8 Å². The molecule has 1 saturated heterocycles. The molecule has 1 aliphatic heterocycles. The van der Waals surface area contributed by atoms with Crippen LogP contribution in [0.25, 0.3) is 0 Å². The van der Waals surface area contributed by atoms with Crippen LogP contribution in [0.2, 0.25) is 0 Å². The summed E-state index contributed by atoms with van der Waals surface area (Å²) in [7, 11) is 0. The number of hydrogen-bond donors (Lipinski definition) is 1. The number of piperazine rings is 1. The topological polar surface area (TPSA) is 49.4 Å². The summed E-state index contributed by atoms with van der Waals surface area (Å²) in [4.78, 5) is 25.9. The lowest BCUT2D eigenvalue weighted by Gasteiger charge is -2.43. The normalized spacial score (nSPS) is 27.5. The zero-order chi connectivity index (χ0) is 12.4. The van der Waals surface area contributed by atoms with Crippen molar-refractivity contribution in [2.45, 2.75) is 58.0 Å². The predicted octanol–water partition coefficient (Wildman–Crippen LogP) is 1.30. The van der Waals surface area contributed by atoms with Gasteiger partial charge in [-0.1, -0.05) is 33.1 Å². The van der Waals surface area contributed by atoms with Crippen molar-refractivity contribution in [1.29, 1.82) is 0 Å². The first-order chi connectivity index (χ1) is 8.11. The summed E-state index contributed by atoms with van der Waals surface area (Å²) < 4.78 is 0. The lowest BCUT2D eigenvalue weighted by Crippen LogP contribution is -2.63. The highest BCUT2D eigenvalue weighted by Crippen LogP contribution is 2.27. The number of nitrogens with one attached hydrogen (secondary N) is 1. The third-order valence-corrected chi connectivity index (χ3v) is 3.87. The molecule has 1 heterocycles. The van der Waals surface area contributed by atoms with Crippen molar-refractivity contribution in [3.05, 3.63) is 0 Å². The second-order valence-electron chi connectivity index (χ2n) is 5.50. The van der Waals surface area contributed by atoms with Crippen LogP contribution in [-0.2, 0) is 9.59 Å². The molecule has 0 radical (unpaired) electrons. The van der Waals surface area contributed by atoms with Gasteiger partial charge in [0.15, 0.2) is 0 Å². The van der Waals surface area contributed by atoms with E-state index in [9.17, 15) is 9.59 Å². The minimum Gasteiger partial charge on any atom is -0.345 e. The molecule has 2 fully saturated rings. The Morgan fingerprint density at radius 3 is 2.41 bits per heavy atom. The number of carbonyl (C=O) groups is 2. The van der Waals surface area contributed by atoms with Crippen LogP contribution < -0.4 is 5.32 Å². The number of hydrogen-bond acceptors (Lipinski definition) is 2. The molecule has 2 amide bonds. The molecule has 0 aromatic carbocycles. The zero-order valence-electron chi connectivity index (χ0n) is 10.7. The van der Waals surface area contributed by atoms with E-state index >= 15 is 0 Å². The predicted molar refractivity (Wildman–Crippen MR) is 65.4 cm³/mol. The number of rotatable bonds is 2. The molecule has 1 unspecified atom stereocenters. The second kappa shape index (κ2) is 5.07. The van der Waals surface area contributed by atoms with Crippen molar-refractivity contribution in [3.8, 4) is 0 Å². The van der Waals surface area contributed by atoms with Gasteiger partial charge in [-0.2, -0.15) is 0 Å². The van der Waals surface area contributed by atoms with Crippen LogP contribution in [0.5, 0.6) is 0 Å². The second-order valence-corrected chi connectivity index (χ2v) is 5.50. The van der Waals surface area contributed by atoms with Crippen LogP contribution in [0.3, 0.4) is 0 Å². The van der Waals surface area contributed by atoms with Crippen molar-refractivity contribution in [2.24, 2.45) is 5.92 Å². The van der Waals surface area contributed by atoms with E-state index in [4.69, 9.17) is 0 Å². The van der Waals surface area contributed by atoms with Crippen molar-refractivity contribution in [3.63, 3.8) is 0 Å². The van der Waals surface area contributed by atoms with Crippen molar-refractivity contribution in [1.82, 2.24) is 10.2 Å². The van der Waals surface area contributed by atoms with Crippen LogP contribution in [0.1, 0.15) is 46.0 Å². The maximum Gasteiger partial charge on any atom is 0.243 e. The van der Waals surface area contributed by atoms with Crippen molar-refractivity contribution in [2.75, 3.05) is 6.54 Å². The average Bonchev–Trinajstić information content (AvgIpc) is 2.32. The molecule has 0 bridgehead atoms. The first-order valence-electron chi connectivity index (χ1n) is 6.70. The fourth-order valence-electron chi connectivity index (χ4n) is 3.05. The molecule has 96 valence electrons. The summed E-state index contributed by atoms with van der Waals surface area (Å²) in [5, 5.41) is 2.70. The molecule has 0 spiro atoms. The van der Waals surface area contributed by atoms with Gasteiger partial charge in [-0.15, -0.1) is 0 Å². The van der Waals surface area contributed by atoms with E-state index in [-0.39, 0.29) is 36.4 Å². The van der Waals surface area contributed by atoms with E-state index in [0.29, 0.717) is 0 Å². The third-order valence-electron chi connectivity index (χ3n) is 3.87. The minimum atomic E-state index is -0.264. The molecule has 1 atom stereocenters. The van der Waals surface area contributed by atoms with Crippen LogP contribution in [0, 0.1) is 5.92 Å². The first kappa shape index (κ1) is 12.4. The first-order valence-corrected chi connectivity index (χ1v) is 6.70. The average molecular weight is 238 g/mol. The molecule has 1 N–H and O–H groups in total. The molecule has 4 heteroatoms. The Labute approximate surface area is 103 Å². The summed E-state index contributed by atoms with van der Waals surface area (Å²) in [5.41, 5.74) is 0. The molecule has 17 heavy (non-hydrogen) atoms. The fraction of sp³-hybridized carbons (Fsp3) is 0.846. The van der Waals surface area contributed by atoms with Gasteiger partial charge >= 0.3 is 0 Å². The Morgan fingerprint density at radius 1 is 1.18 bits per heavy atom. The number of amides is 2. The Hall–Kier alpha value is -1.06. The van der Waals surface area contributed by atoms with E-state index in [1.165, 1.54) is 19.3 Å². The zero-order valence-corrected chi connectivity index (χ0v) is 10.7. The molecule has 1 saturated carbocycles. The molecule has 0 aromatic heterocycles. The Balaban J connectivity index is 2.18. The molecule has 1 aliphatic carbocycles. The third kappa shape index (κ3) is 2.45. The lowest BCUT2D eigenvalue weighted by molar-refractivity contribution is -0.151.